The molecular formula is C4H5NaO4. The molecule has 1 N–H and O–H groups in total. The van der Waals surface area contributed by atoms with E-state index in [-0.39, 0.29) is 35.8 Å². The first-order valence-corrected chi connectivity index (χ1v) is 2.00. The summed E-state index contributed by atoms with van der Waals surface area (Å²) in [5.41, 5.74) is 0. The van der Waals surface area contributed by atoms with Gasteiger partial charge in [-0.1, -0.05) is 0 Å². The summed E-state index contributed by atoms with van der Waals surface area (Å²) in [6.45, 7) is 0. The predicted octanol–water partition coefficient (Wildman–Crippen LogP) is -5.31. The molecule has 0 aromatic rings. The maximum atomic E-state index is 9.54. The van der Waals surface area contributed by atoms with E-state index in [4.69, 9.17) is 5.11 Å². The molecule has 1 unspecified atom stereocenters. The topological polar surface area (TPSA) is 77.4 Å². The molecule has 0 rings (SSSR count). The van der Waals surface area contributed by atoms with Gasteiger partial charge in [0.2, 0.25) is 0 Å². The molecule has 0 aliphatic heterocycles. The summed E-state index contributed by atoms with van der Waals surface area (Å²) in [5.74, 6) is -1.43. The van der Waals surface area contributed by atoms with Gasteiger partial charge in [0.1, 0.15) is 12.4 Å². The molecule has 0 heterocycles. The maximum absolute atomic E-state index is 9.54. The van der Waals surface area contributed by atoms with Gasteiger partial charge in [0.25, 0.3) is 0 Å². The Hall–Kier alpha value is 0.100. The van der Waals surface area contributed by atoms with Crippen molar-refractivity contribution >= 4 is 12.3 Å². The number of aliphatic carboxylic acids is 1. The molecule has 0 saturated carbocycles. The Morgan fingerprint density at radius 1 is 1.78 bits per heavy atom. The van der Waals surface area contributed by atoms with E-state index in [1.165, 1.54) is 0 Å². The average molecular weight is 140 g/mol. The summed E-state index contributed by atoms with van der Waals surface area (Å²) in [4.78, 5) is 19.0. The van der Waals surface area contributed by atoms with E-state index in [9.17, 15) is 14.7 Å². The third kappa shape index (κ3) is 8.10. The SMILES string of the molecule is O=CC(O)CC(=O)[O-].[Na+]. The van der Waals surface area contributed by atoms with Crippen LogP contribution in [0.1, 0.15) is 6.42 Å². The average Bonchev–Trinajstić information content (AvgIpc) is 1.65. The summed E-state index contributed by atoms with van der Waals surface area (Å²) in [6.07, 6.45) is -1.89. The first-order chi connectivity index (χ1) is 3.66. The molecule has 4 nitrogen and oxygen atoms in total. The maximum Gasteiger partial charge on any atom is 1.00 e. The Morgan fingerprint density at radius 2 is 2.22 bits per heavy atom. The van der Waals surface area contributed by atoms with E-state index < -0.39 is 18.5 Å². The van der Waals surface area contributed by atoms with Gasteiger partial charge in [-0.3, -0.25) is 0 Å². The quantitative estimate of drug-likeness (QED) is 0.313. The number of aldehydes is 1. The molecule has 5 heteroatoms. The standard InChI is InChI=1S/C4H6O4.Na/c5-2-3(6)1-4(7)8;/h2-3,6H,1H2,(H,7,8);/q;+1/p-1. The minimum atomic E-state index is -1.43. The van der Waals surface area contributed by atoms with Crippen LogP contribution in [0.5, 0.6) is 0 Å². The molecule has 0 aliphatic carbocycles. The van der Waals surface area contributed by atoms with E-state index >= 15 is 0 Å². The molecule has 0 saturated heterocycles. The number of rotatable bonds is 3. The Morgan fingerprint density at radius 3 is 2.33 bits per heavy atom. The van der Waals surface area contributed by atoms with Crippen molar-refractivity contribution in [2.24, 2.45) is 0 Å². The molecule has 0 aromatic heterocycles. The molecule has 46 valence electrons. The van der Waals surface area contributed by atoms with Crippen LogP contribution in [-0.2, 0) is 9.59 Å². The van der Waals surface area contributed by atoms with Gasteiger partial charge in [0.15, 0.2) is 0 Å². The third-order valence-electron chi connectivity index (χ3n) is 0.533. The molecule has 9 heavy (non-hydrogen) atoms. The second-order valence-corrected chi connectivity index (χ2v) is 1.28. The first-order valence-electron chi connectivity index (χ1n) is 2.00. The second kappa shape index (κ2) is 6.22. The largest absolute Gasteiger partial charge is 1.00 e. The van der Waals surface area contributed by atoms with E-state index in [1.807, 2.05) is 0 Å². The monoisotopic (exact) mass is 140 g/mol. The summed E-state index contributed by atoms with van der Waals surface area (Å²) in [7, 11) is 0. The van der Waals surface area contributed by atoms with Gasteiger partial charge in [-0.25, -0.2) is 0 Å². The van der Waals surface area contributed by atoms with Crippen LogP contribution in [0.4, 0.5) is 0 Å². The first kappa shape index (κ1) is 11.8. The van der Waals surface area contributed by atoms with Gasteiger partial charge in [-0.15, -0.1) is 0 Å². The molecule has 0 bridgehead atoms. The van der Waals surface area contributed by atoms with E-state index in [2.05, 4.69) is 0 Å². The normalized spacial score (nSPS) is 11.2. The van der Waals surface area contributed by atoms with Crippen LogP contribution in [0, 0.1) is 0 Å². The molecule has 0 spiro atoms. The van der Waals surface area contributed by atoms with Crippen molar-refractivity contribution in [2.45, 2.75) is 12.5 Å². The fourth-order valence-electron chi connectivity index (χ4n) is 0.219. The van der Waals surface area contributed by atoms with E-state index in [1.54, 1.807) is 0 Å². The minimum Gasteiger partial charge on any atom is -0.550 e. The second-order valence-electron chi connectivity index (χ2n) is 1.28. The molecule has 1 atom stereocenters. The van der Waals surface area contributed by atoms with Crippen molar-refractivity contribution < 1.29 is 49.4 Å². The number of hydrogen-bond acceptors (Lipinski definition) is 4. The van der Waals surface area contributed by atoms with Gasteiger partial charge in [0, 0.05) is 12.4 Å². The van der Waals surface area contributed by atoms with Crippen LogP contribution in [0.25, 0.3) is 0 Å². The zero-order valence-electron chi connectivity index (χ0n) is 5.03. The number of carboxylic acids is 1. The molecule has 0 amide bonds. The van der Waals surface area contributed by atoms with Crippen LogP contribution in [0.3, 0.4) is 0 Å². The Kier molecular flexibility index (Phi) is 8.19. The Bertz CT molecular complexity index is 103. The molecule has 0 aliphatic rings. The third-order valence-corrected chi connectivity index (χ3v) is 0.533. The summed E-state index contributed by atoms with van der Waals surface area (Å²) in [5, 5.41) is 17.8. The van der Waals surface area contributed by atoms with Crippen molar-refractivity contribution in [3.8, 4) is 0 Å². The number of carbonyl (C=O) groups excluding carboxylic acids is 2. The summed E-state index contributed by atoms with van der Waals surface area (Å²) in [6, 6.07) is 0. The fourth-order valence-corrected chi connectivity index (χ4v) is 0.219. The van der Waals surface area contributed by atoms with Crippen LogP contribution in [0.2, 0.25) is 0 Å². The van der Waals surface area contributed by atoms with Crippen molar-refractivity contribution in [1.82, 2.24) is 0 Å². The fraction of sp³-hybridized carbons (Fsp3) is 0.500. The van der Waals surface area contributed by atoms with Gasteiger partial charge >= 0.3 is 29.6 Å². The number of carbonyl (C=O) groups is 2. The summed E-state index contributed by atoms with van der Waals surface area (Å²) < 4.78 is 0. The van der Waals surface area contributed by atoms with Gasteiger partial charge < -0.3 is 19.8 Å². The number of carboxylic acid groups (broad SMARTS) is 1. The van der Waals surface area contributed by atoms with E-state index in [0.717, 1.165) is 0 Å². The smallest absolute Gasteiger partial charge is 0.550 e. The van der Waals surface area contributed by atoms with Gasteiger partial charge in [-0.2, -0.15) is 0 Å². The molecule has 0 aromatic carbocycles. The zero-order valence-corrected chi connectivity index (χ0v) is 7.03. The van der Waals surface area contributed by atoms with Gasteiger partial charge in [0.05, 0.1) is 0 Å². The molecule has 0 fully saturated rings. The van der Waals surface area contributed by atoms with E-state index in [0.29, 0.717) is 0 Å². The zero-order chi connectivity index (χ0) is 6.57. The summed E-state index contributed by atoms with van der Waals surface area (Å²) >= 11 is 0. The Balaban J connectivity index is 0. The molecule has 0 radical (unpaired) electrons. The van der Waals surface area contributed by atoms with Crippen molar-refractivity contribution in [3.05, 3.63) is 0 Å². The number of aliphatic hydroxyl groups excluding tert-OH is 1. The number of aliphatic hydroxyl groups is 1. The number of hydrogen-bond donors (Lipinski definition) is 1. The van der Waals surface area contributed by atoms with Crippen molar-refractivity contribution in [3.63, 3.8) is 0 Å². The van der Waals surface area contributed by atoms with Gasteiger partial charge in [-0.05, 0) is 0 Å². The minimum absolute atomic E-state index is 0. The van der Waals surface area contributed by atoms with Crippen molar-refractivity contribution in [2.75, 3.05) is 0 Å². The Labute approximate surface area is 74.2 Å². The van der Waals surface area contributed by atoms with Crippen LogP contribution < -0.4 is 34.7 Å². The van der Waals surface area contributed by atoms with Crippen LogP contribution in [-0.4, -0.2) is 23.5 Å². The van der Waals surface area contributed by atoms with Crippen molar-refractivity contribution in [1.29, 1.82) is 0 Å². The molecular weight excluding hydrogens is 135 g/mol. The van der Waals surface area contributed by atoms with Crippen LogP contribution in [0.15, 0.2) is 0 Å². The van der Waals surface area contributed by atoms with Crippen LogP contribution >= 0.6 is 0 Å². The predicted molar refractivity (Wildman–Crippen MR) is 21.7 cm³/mol.